The number of nitrogens with zero attached hydrogens (tertiary/aromatic N) is 2. The third-order valence-electron chi connectivity index (χ3n) is 3.86. The summed E-state index contributed by atoms with van der Waals surface area (Å²) in [5, 5.41) is 2.60. The van der Waals surface area contributed by atoms with Gasteiger partial charge in [-0.05, 0) is 54.8 Å². The van der Waals surface area contributed by atoms with Crippen LogP contribution in [0.25, 0.3) is 16.6 Å². The van der Waals surface area contributed by atoms with Crippen LogP contribution in [0.15, 0.2) is 54.2 Å². The molecule has 0 N–H and O–H groups in total. The molecule has 0 aliphatic heterocycles. The lowest BCUT2D eigenvalue weighted by atomic mass is 10.1. The molecular formula is C21H19FN2O3S. The fraction of sp³-hybridized carbons (Fsp3) is 0.190. The third kappa shape index (κ3) is 5.72. The molecule has 3 aromatic rings. The minimum atomic E-state index is -0.417. The minimum Gasteiger partial charge on any atom is -0.495 e. The lowest BCUT2D eigenvalue weighted by molar-refractivity contribution is -0.137. The molecule has 0 saturated heterocycles. The zero-order valence-electron chi connectivity index (χ0n) is 15.3. The fourth-order valence-electron chi connectivity index (χ4n) is 2.45. The van der Waals surface area contributed by atoms with Crippen LogP contribution in [-0.4, -0.2) is 29.7 Å². The average molecular weight is 398 g/mol. The molecular weight excluding hydrogens is 379 g/mol. The number of carbonyl (C=O) groups excluding carboxylic acids is 1. The highest BCUT2D eigenvalue weighted by molar-refractivity contribution is 7.13. The Hall–Kier alpha value is -3.06. The lowest BCUT2D eigenvalue weighted by Crippen LogP contribution is -2.03. The quantitative estimate of drug-likeness (QED) is 0.317. The van der Waals surface area contributed by atoms with Crippen LogP contribution in [-0.2, 0) is 16.0 Å². The molecule has 5 nitrogen and oxygen atoms in total. The molecule has 0 atom stereocenters. The van der Waals surface area contributed by atoms with Gasteiger partial charge in [-0.3, -0.25) is 4.98 Å². The number of ether oxygens (including phenoxy) is 2. The van der Waals surface area contributed by atoms with E-state index in [0.717, 1.165) is 22.6 Å². The number of carbonyl (C=O) groups is 1. The molecule has 2 heterocycles. The largest absolute Gasteiger partial charge is 0.495 e. The number of hydrogen-bond donors (Lipinski definition) is 0. The van der Waals surface area contributed by atoms with Crippen LogP contribution in [0.5, 0.6) is 5.75 Å². The summed E-state index contributed by atoms with van der Waals surface area (Å²) < 4.78 is 23.3. The van der Waals surface area contributed by atoms with E-state index in [0.29, 0.717) is 24.5 Å². The van der Waals surface area contributed by atoms with Crippen LogP contribution in [0.4, 0.5) is 4.39 Å². The molecule has 0 unspecified atom stereocenters. The number of halogens is 1. The maximum absolute atomic E-state index is 13.0. The van der Waals surface area contributed by atoms with E-state index in [2.05, 4.69) is 9.97 Å². The van der Waals surface area contributed by atoms with Gasteiger partial charge in [0.05, 0.1) is 25.6 Å². The van der Waals surface area contributed by atoms with Crippen molar-refractivity contribution in [2.24, 2.45) is 0 Å². The number of methoxy groups -OCH3 is 1. The molecule has 0 spiro atoms. The number of esters is 1. The second-order valence-electron chi connectivity index (χ2n) is 5.92. The van der Waals surface area contributed by atoms with Crippen molar-refractivity contribution < 1.29 is 18.7 Å². The zero-order chi connectivity index (χ0) is 19.8. The second-order valence-corrected chi connectivity index (χ2v) is 6.78. The number of aromatic nitrogens is 2. The molecule has 2 aromatic heterocycles. The summed E-state index contributed by atoms with van der Waals surface area (Å²) in [4.78, 5) is 20.3. The van der Waals surface area contributed by atoms with Crippen molar-refractivity contribution in [2.75, 3.05) is 13.7 Å². The van der Waals surface area contributed by atoms with Gasteiger partial charge in [-0.1, -0.05) is 0 Å². The molecule has 7 heteroatoms. The van der Waals surface area contributed by atoms with Crippen LogP contribution >= 0.6 is 11.3 Å². The topological polar surface area (TPSA) is 61.3 Å². The Morgan fingerprint density at radius 2 is 2.07 bits per heavy atom. The van der Waals surface area contributed by atoms with Gasteiger partial charge in [-0.2, -0.15) is 0 Å². The predicted molar refractivity (Wildman–Crippen MR) is 107 cm³/mol. The van der Waals surface area contributed by atoms with Gasteiger partial charge in [0.2, 0.25) is 0 Å². The van der Waals surface area contributed by atoms with Crippen LogP contribution in [0.3, 0.4) is 0 Å². The smallest absolute Gasteiger partial charge is 0.330 e. The lowest BCUT2D eigenvalue weighted by Gasteiger charge is -2.04. The fourth-order valence-corrected chi connectivity index (χ4v) is 3.24. The third-order valence-corrected chi connectivity index (χ3v) is 4.77. The van der Waals surface area contributed by atoms with Crippen molar-refractivity contribution in [1.29, 1.82) is 0 Å². The first-order valence-corrected chi connectivity index (χ1v) is 9.56. The predicted octanol–water partition coefficient (Wildman–Crippen LogP) is 4.54. The van der Waals surface area contributed by atoms with E-state index in [4.69, 9.17) is 9.47 Å². The Labute approximate surface area is 166 Å². The number of aryl methyl sites for hydroxylation is 1. The maximum atomic E-state index is 13.0. The summed E-state index contributed by atoms with van der Waals surface area (Å²) in [6.07, 6.45) is 7.82. The summed E-state index contributed by atoms with van der Waals surface area (Å²) in [6, 6.07) is 8.05. The van der Waals surface area contributed by atoms with Gasteiger partial charge in [0, 0.05) is 23.2 Å². The van der Waals surface area contributed by atoms with Crippen LogP contribution in [0.1, 0.15) is 17.7 Å². The molecule has 0 aliphatic carbocycles. The monoisotopic (exact) mass is 398 g/mol. The van der Waals surface area contributed by atoms with Crippen molar-refractivity contribution in [1.82, 2.24) is 9.97 Å². The Kier molecular flexibility index (Phi) is 6.86. The number of hydrogen-bond acceptors (Lipinski definition) is 6. The molecule has 0 radical (unpaired) electrons. The highest BCUT2D eigenvalue weighted by Gasteiger charge is 2.04. The minimum absolute atomic E-state index is 0.286. The van der Waals surface area contributed by atoms with Gasteiger partial charge >= 0.3 is 5.97 Å². The highest BCUT2D eigenvalue weighted by atomic mass is 32.1. The van der Waals surface area contributed by atoms with Gasteiger partial charge in [0.25, 0.3) is 0 Å². The van der Waals surface area contributed by atoms with E-state index in [1.807, 2.05) is 11.4 Å². The molecule has 0 aliphatic rings. The normalized spacial score (nSPS) is 10.9. The van der Waals surface area contributed by atoms with Crippen molar-refractivity contribution in [3.05, 3.63) is 71.3 Å². The second kappa shape index (κ2) is 9.75. The first-order chi connectivity index (χ1) is 13.6. The highest BCUT2D eigenvalue weighted by Crippen LogP contribution is 2.24. The summed E-state index contributed by atoms with van der Waals surface area (Å²) in [7, 11) is 1.60. The van der Waals surface area contributed by atoms with Crippen molar-refractivity contribution in [2.45, 2.75) is 12.8 Å². The van der Waals surface area contributed by atoms with Crippen molar-refractivity contribution in [3.8, 4) is 16.3 Å². The zero-order valence-corrected chi connectivity index (χ0v) is 16.1. The number of rotatable bonds is 8. The Morgan fingerprint density at radius 3 is 2.86 bits per heavy atom. The summed E-state index contributed by atoms with van der Waals surface area (Å²) in [5.74, 6) is 0.00614. The van der Waals surface area contributed by atoms with Crippen molar-refractivity contribution in [3.63, 3.8) is 0 Å². The summed E-state index contributed by atoms with van der Waals surface area (Å²) in [6.45, 7) is 0.318. The first-order valence-electron chi connectivity index (χ1n) is 8.68. The first kappa shape index (κ1) is 19.7. The summed E-state index contributed by atoms with van der Waals surface area (Å²) >= 11 is 1.43. The average Bonchev–Trinajstić information content (AvgIpc) is 3.19. The molecule has 3 rings (SSSR count). The Balaban J connectivity index is 1.44. The molecule has 144 valence electrons. The van der Waals surface area contributed by atoms with E-state index >= 15 is 0 Å². The SMILES string of the molecule is COc1cncc(CCCOC(=O)/C=C/c2csc(-c3ccc(F)cc3)n2)c1. The van der Waals surface area contributed by atoms with Crippen LogP contribution < -0.4 is 4.74 Å². The van der Waals surface area contributed by atoms with E-state index < -0.39 is 5.97 Å². The molecule has 28 heavy (non-hydrogen) atoms. The molecule has 0 bridgehead atoms. The Bertz CT molecular complexity index is 954. The Morgan fingerprint density at radius 1 is 1.25 bits per heavy atom. The number of pyridine rings is 1. The van der Waals surface area contributed by atoms with Crippen LogP contribution in [0.2, 0.25) is 0 Å². The van der Waals surface area contributed by atoms with Gasteiger partial charge in [-0.15, -0.1) is 11.3 Å². The summed E-state index contributed by atoms with van der Waals surface area (Å²) in [5.41, 5.74) is 2.52. The molecule has 0 amide bonds. The molecule has 1 aromatic carbocycles. The van der Waals surface area contributed by atoms with Gasteiger partial charge in [0.1, 0.15) is 16.6 Å². The van der Waals surface area contributed by atoms with Crippen molar-refractivity contribution >= 4 is 23.4 Å². The molecule has 0 fully saturated rings. The molecule has 0 saturated carbocycles. The maximum Gasteiger partial charge on any atom is 0.330 e. The van der Waals surface area contributed by atoms with E-state index in [1.54, 1.807) is 37.7 Å². The van der Waals surface area contributed by atoms with E-state index in [-0.39, 0.29) is 5.82 Å². The standard InChI is InChI=1S/C21H19FN2O3S/c1-26-19-11-15(12-23-13-19)3-2-10-27-20(25)9-8-18-14-28-21(24-18)16-4-6-17(22)7-5-16/h4-9,11-14H,2-3,10H2,1H3/b9-8+. The number of benzene rings is 1. The van der Waals surface area contributed by atoms with E-state index in [1.165, 1.54) is 29.5 Å². The van der Waals surface area contributed by atoms with Gasteiger partial charge in [-0.25, -0.2) is 14.2 Å². The van der Waals surface area contributed by atoms with Crippen LogP contribution in [0, 0.1) is 5.82 Å². The van der Waals surface area contributed by atoms with Gasteiger partial charge < -0.3 is 9.47 Å². The van der Waals surface area contributed by atoms with Gasteiger partial charge in [0.15, 0.2) is 0 Å². The van der Waals surface area contributed by atoms with E-state index in [9.17, 15) is 9.18 Å². The number of thiazole rings is 1.